The van der Waals surface area contributed by atoms with E-state index in [1.807, 2.05) is 13.8 Å². The van der Waals surface area contributed by atoms with Gasteiger partial charge in [-0.15, -0.1) is 11.3 Å². The van der Waals surface area contributed by atoms with Crippen molar-refractivity contribution >= 4 is 27.9 Å². The minimum atomic E-state index is -0.288. The summed E-state index contributed by atoms with van der Waals surface area (Å²) in [5.41, 5.74) is 6.30. The first-order valence-electron chi connectivity index (χ1n) is 6.33. The van der Waals surface area contributed by atoms with Gasteiger partial charge in [0.15, 0.2) is 0 Å². The van der Waals surface area contributed by atoms with Gasteiger partial charge in [0.2, 0.25) is 0 Å². The quantitative estimate of drug-likeness (QED) is 0.854. The summed E-state index contributed by atoms with van der Waals surface area (Å²) in [6.07, 6.45) is 0. The predicted molar refractivity (Wildman–Crippen MR) is 79.1 cm³/mol. The van der Waals surface area contributed by atoms with Crippen LogP contribution in [0.25, 0.3) is 0 Å². The van der Waals surface area contributed by atoms with Gasteiger partial charge in [0.25, 0.3) is 5.91 Å². The van der Waals surface area contributed by atoms with Gasteiger partial charge >= 0.3 is 0 Å². The fourth-order valence-electron chi connectivity index (χ4n) is 2.27. The van der Waals surface area contributed by atoms with E-state index < -0.39 is 0 Å². The standard InChI is InChI=1S/C13H18N4O2S/c1-13(2)7-17(4-5-19-13)12-9(11(18)16-3)10(15)8(6-14)20-12/h4-5,7,15H2,1-3H3,(H,16,18). The van der Waals surface area contributed by atoms with Crippen LogP contribution in [0.4, 0.5) is 10.7 Å². The van der Waals surface area contributed by atoms with E-state index in [-0.39, 0.29) is 17.2 Å². The normalized spacial score (nSPS) is 17.6. The van der Waals surface area contributed by atoms with Gasteiger partial charge in [0.1, 0.15) is 15.9 Å². The number of ether oxygens (including phenoxy) is 1. The maximum atomic E-state index is 12.0. The van der Waals surface area contributed by atoms with Crippen molar-refractivity contribution < 1.29 is 9.53 Å². The molecule has 2 rings (SSSR count). The molecule has 0 unspecified atom stereocenters. The molecule has 0 aromatic carbocycles. The van der Waals surface area contributed by atoms with Crippen molar-refractivity contribution in [2.24, 2.45) is 0 Å². The predicted octanol–water partition coefficient (Wildman–Crippen LogP) is 1.18. The lowest BCUT2D eigenvalue weighted by Crippen LogP contribution is -2.48. The number of nitrogen functional groups attached to an aromatic ring is 1. The minimum Gasteiger partial charge on any atom is -0.396 e. The molecule has 0 radical (unpaired) electrons. The SMILES string of the molecule is CNC(=O)c1c(N2CCOC(C)(C)C2)sc(C#N)c1N. The summed E-state index contributed by atoms with van der Waals surface area (Å²) in [5, 5.41) is 12.4. The maximum absolute atomic E-state index is 12.0. The summed E-state index contributed by atoms with van der Waals surface area (Å²) in [5.74, 6) is -0.264. The third-order valence-corrected chi connectivity index (χ3v) is 4.37. The van der Waals surface area contributed by atoms with Crippen LogP contribution in [0.3, 0.4) is 0 Å². The lowest BCUT2D eigenvalue weighted by Gasteiger charge is -2.39. The molecular weight excluding hydrogens is 276 g/mol. The largest absolute Gasteiger partial charge is 0.396 e. The van der Waals surface area contributed by atoms with Crippen LogP contribution < -0.4 is 16.0 Å². The molecule has 0 bridgehead atoms. The summed E-state index contributed by atoms with van der Waals surface area (Å²) in [7, 11) is 1.55. The van der Waals surface area contributed by atoms with E-state index >= 15 is 0 Å². The number of hydrogen-bond donors (Lipinski definition) is 2. The van der Waals surface area contributed by atoms with Crippen LogP contribution in [0.1, 0.15) is 29.1 Å². The molecule has 1 aromatic heterocycles. The van der Waals surface area contributed by atoms with E-state index in [0.717, 1.165) is 5.00 Å². The van der Waals surface area contributed by atoms with Crippen LogP contribution in [-0.4, -0.2) is 38.3 Å². The van der Waals surface area contributed by atoms with E-state index in [0.29, 0.717) is 30.1 Å². The highest BCUT2D eigenvalue weighted by atomic mass is 32.1. The number of amides is 1. The minimum absolute atomic E-state index is 0.260. The molecule has 1 amide bonds. The van der Waals surface area contributed by atoms with E-state index in [4.69, 9.17) is 15.7 Å². The number of nitrogens with zero attached hydrogens (tertiary/aromatic N) is 2. The van der Waals surface area contributed by atoms with Crippen LogP contribution in [0.5, 0.6) is 0 Å². The Morgan fingerprint density at radius 2 is 2.30 bits per heavy atom. The number of morpholine rings is 1. The topological polar surface area (TPSA) is 91.4 Å². The van der Waals surface area contributed by atoms with Crippen LogP contribution in [0.2, 0.25) is 0 Å². The molecule has 0 spiro atoms. The monoisotopic (exact) mass is 294 g/mol. The molecule has 2 heterocycles. The number of nitriles is 1. The lowest BCUT2D eigenvalue weighted by molar-refractivity contribution is -0.0275. The van der Waals surface area contributed by atoms with Crippen LogP contribution in [-0.2, 0) is 4.74 Å². The van der Waals surface area contributed by atoms with Gasteiger partial charge in [-0.05, 0) is 13.8 Å². The molecule has 1 aliphatic heterocycles. The Balaban J connectivity index is 2.45. The van der Waals surface area contributed by atoms with Crippen molar-refractivity contribution in [3.63, 3.8) is 0 Å². The van der Waals surface area contributed by atoms with Crippen LogP contribution >= 0.6 is 11.3 Å². The van der Waals surface area contributed by atoms with E-state index in [1.165, 1.54) is 11.3 Å². The lowest BCUT2D eigenvalue weighted by atomic mass is 10.1. The molecule has 20 heavy (non-hydrogen) atoms. The average molecular weight is 294 g/mol. The molecule has 1 fully saturated rings. The van der Waals surface area contributed by atoms with Crippen molar-refractivity contribution in [2.75, 3.05) is 37.4 Å². The third kappa shape index (κ3) is 2.57. The Kier molecular flexibility index (Phi) is 3.88. The molecule has 108 valence electrons. The van der Waals surface area contributed by atoms with Gasteiger partial charge in [-0.2, -0.15) is 5.26 Å². The van der Waals surface area contributed by atoms with Crippen molar-refractivity contribution in [3.05, 3.63) is 10.4 Å². The highest BCUT2D eigenvalue weighted by Gasteiger charge is 2.32. The zero-order chi connectivity index (χ0) is 14.9. The second kappa shape index (κ2) is 5.31. The van der Waals surface area contributed by atoms with Crippen LogP contribution in [0, 0.1) is 11.3 Å². The zero-order valence-corrected chi connectivity index (χ0v) is 12.6. The number of hydrogen-bond acceptors (Lipinski definition) is 6. The Morgan fingerprint density at radius 3 is 2.85 bits per heavy atom. The first-order valence-corrected chi connectivity index (χ1v) is 7.14. The number of carbonyl (C=O) groups excluding carboxylic acids is 1. The molecule has 3 N–H and O–H groups in total. The van der Waals surface area contributed by atoms with Crippen molar-refractivity contribution in [3.8, 4) is 6.07 Å². The Morgan fingerprint density at radius 1 is 1.60 bits per heavy atom. The van der Waals surface area contributed by atoms with E-state index in [2.05, 4.69) is 16.3 Å². The van der Waals surface area contributed by atoms with Crippen molar-refractivity contribution in [2.45, 2.75) is 19.4 Å². The summed E-state index contributed by atoms with van der Waals surface area (Å²) in [6.45, 7) is 5.92. The van der Waals surface area contributed by atoms with Crippen molar-refractivity contribution in [1.82, 2.24) is 5.32 Å². The highest BCUT2D eigenvalue weighted by molar-refractivity contribution is 7.17. The van der Waals surface area contributed by atoms with E-state index in [1.54, 1.807) is 7.05 Å². The molecule has 1 aromatic rings. The highest BCUT2D eigenvalue weighted by Crippen LogP contribution is 2.39. The van der Waals surface area contributed by atoms with E-state index in [9.17, 15) is 4.79 Å². The number of nitrogens with one attached hydrogen (secondary N) is 1. The fraction of sp³-hybridized carbons (Fsp3) is 0.538. The Bertz CT molecular complexity index is 574. The summed E-state index contributed by atoms with van der Waals surface area (Å²) >= 11 is 1.26. The molecule has 7 heteroatoms. The smallest absolute Gasteiger partial charge is 0.256 e. The molecule has 6 nitrogen and oxygen atoms in total. The molecule has 0 saturated carbocycles. The summed E-state index contributed by atoms with van der Waals surface area (Å²) < 4.78 is 5.67. The third-order valence-electron chi connectivity index (χ3n) is 3.20. The fourth-order valence-corrected chi connectivity index (χ4v) is 3.31. The number of nitrogens with two attached hydrogens (primary N) is 1. The van der Waals surface area contributed by atoms with Gasteiger partial charge in [-0.25, -0.2) is 0 Å². The zero-order valence-electron chi connectivity index (χ0n) is 11.8. The molecule has 1 aliphatic rings. The summed E-state index contributed by atoms with van der Waals surface area (Å²) in [4.78, 5) is 14.5. The molecule has 0 aliphatic carbocycles. The van der Waals surface area contributed by atoms with Crippen molar-refractivity contribution in [1.29, 1.82) is 5.26 Å². The average Bonchev–Trinajstić information content (AvgIpc) is 2.73. The number of rotatable bonds is 2. The maximum Gasteiger partial charge on any atom is 0.256 e. The van der Waals surface area contributed by atoms with Gasteiger partial charge < -0.3 is 20.7 Å². The summed E-state index contributed by atoms with van der Waals surface area (Å²) in [6, 6.07) is 2.05. The molecule has 0 atom stereocenters. The number of carbonyl (C=O) groups is 1. The number of anilines is 2. The van der Waals surface area contributed by atoms with Crippen LogP contribution in [0.15, 0.2) is 0 Å². The second-order valence-corrected chi connectivity index (χ2v) is 6.24. The number of thiophene rings is 1. The molecule has 1 saturated heterocycles. The second-order valence-electron chi connectivity index (χ2n) is 5.25. The molecular formula is C13H18N4O2S. The van der Waals surface area contributed by atoms with Gasteiger partial charge in [-0.1, -0.05) is 0 Å². The Labute approximate surface area is 122 Å². The Hall–Kier alpha value is -1.78. The first-order chi connectivity index (χ1) is 9.39. The van der Waals surface area contributed by atoms with Gasteiger partial charge in [0, 0.05) is 20.1 Å². The van der Waals surface area contributed by atoms with Gasteiger partial charge in [-0.3, -0.25) is 4.79 Å². The first kappa shape index (κ1) is 14.6. The van der Waals surface area contributed by atoms with Gasteiger partial charge in [0.05, 0.1) is 23.5 Å².